The number of nitrogens with zero attached hydrogens (tertiary/aromatic N) is 1. The SMILES string of the molecule is CC(=O)c1c(C#N)cc(Cl)cc1OC(F)F. The Bertz CT molecular complexity index is 469. The van der Waals surface area contributed by atoms with Gasteiger partial charge in [0.1, 0.15) is 11.8 Å². The van der Waals surface area contributed by atoms with Crippen LogP contribution in [0.15, 0.2) is 12.1 Å². The first-order valence-corrected chi connectivity index (χ1v) is 4.53. The third kappa shape index (κ3) is 2.67. The zero-order valence-electron chi connectivity index (χ0n) is 8.13. The van der Waals surface area contributed by atoms with Gasteiger partial charge in [0.2, 0.25) is 0 Å². The first-order valence-electron chi connectivity index (χ1n) is 4.15. The highest BCUT2D eigenvalue weighted by Gasteiger charge is 2.18. The summed E-state index contributed by atoms with van der Waals surface area (Å²) in [5.41, 5.74) is -0.275. The summed E-state index contributed by atoms with van der Waals surface area (Å²) in [6.45, 7) is -1.93. The van der Waals surface area contributed by atoms with E-state index in [1.165, 1.54) is 6.07 Å². The third-order valence-corrected chi connectivity index (χ3v) is 1.97. The van der Waals surface area contributed by atoms with Gasteiger partial charge in [-0.2, -0.15) is 14.0 Å². The second kappa shape index (κ2) is 4.90. The van der Waals surface area contributed by atoms with Crippen LogP contribution in [0.25, 0.3) is 0 Å². The van der Waals surface area contributed by atoms with E-state index in [0.717, 1.165) is 13.0 Å². The quantitative estimate of drug-likeness (QED) is 0.769. The minimum absolute atomic E-state index is 0.0530. The normalized spacial score (nSPS) is 10.0. The van der Waals surface area contributed by atoms with Crippen molar-refractivity contribution in [1.29, 1.82) is 5.26 Å². The molecule has 0 saturated carbocycles. The molecule has 1 rings (SSSR count). The molecule has 6 heteroatoms. The molecule has 0 aliphatic heterocycles. The molecule has 16 heavy (non-hydrogen) atoms. The van der Waals surface area contributed by atoms with E-state index >= 15 is 0 Å². The van der Waals surface area contributed by atoms with Crippen LogP contribution in [0.4, 0.5) is 8.78 Å². The van der Waals surface area contributed by atoms with E-state index in [2.05, 4.69) is 4.74 Å². The molecule has 0 bridgehead atoms. The Labute approximate surface area is 95.2 Å². The van der Waals surface area contributed by atoms with Gasteiger partial charge in [-0.25, -0.2) is 0 Å². The smallest absolute Gasteiger partial charge is 0.387 e. The minimum Gasteiger partial charge on any atom is -0.434 e. The summed E-state index contributed by atoms with van der Waals surface area (Å²) in [7, 11) is 0. The molecule has 0 amide bonds. The van der Waals surface area contributed by atoms with Crippen molar-refractivity contribution >= 4 is 17.4 Å². The predicted octanol–water partition coefficient (Wildman–Crippen LogP) is 3.02. The van der Waals surface area contributed by atoms with E-state index < -0.39 is 12.4 Å². The molecule has 0 atom stereocenters. The van der Waals surface area contributed by atoms with Crippen molar-refractivity contribution < 1.29 is 18.3 Å². The van der Waals surface area contributed by atoms with E-state index in [4.69, 9.17) is 16.9 Å². The highest BCUT2D eigenvalue weighted by Crippen LogP contribution is 2.28. The highest BCUT2D eigenvalue weighted by atomic mass is 35.5. The van der Waals surface area contributed by atoms with Crippen molar-refractivity contribution in [2.75, 3.05) is 0 Å². The van der Waals surface area contributed by atoms with E-state index in [9.17, 15) is 13.6 Å². The Hall–Kier alpha value is -1.67. The van der Waals surface area contributed by atoms with Crippen LogP contribution >= 0.6 is 11.6 Å². The predicted molar refractivity (Wildman–Crippen MR) is 52.8 cm³/mol. The number of rotatable bonds is 3. The average Bonchev–Trinajstić information content (AvgIpc) is 2.14. The second-order valence-corrected chi connectivity index (χ2v) is 3.31. The van der Waals surface area contributed by atoms with Crippen molar-refractivity contribution in [1.82, 2.24) is 0 Å². The molecule has 0 fully saturated rings. The first kappa shape index (κ1) is 12.4. The standard InChI is InChI=1S/C10H6ClF2NO2/c1-5(15)9-6(4-14)2-7(11)3-8(9)16-10(12)13/h2-3,10H,1H3. The Balaban J connectivity index is 3.39. The Kier molecular flexibility index (Phi) is 3.80. The second-order valence-electron chi connectivity index (χ2n) is 2.87. The van der Waals surface area contributed by atoms with Crippen molar-refractivity contribution in [3.05, 3.63) is 28.3 Å². The van der Waals surface area contributed by atoms with Gasteiger partial charge in [-0.3, -0.25) is 4.79 Å². The highest BCUT2D eigenvalue weighted by molar-refractivity contribution is 6.31. The molecule has 1 aromatic rings. The summed E-state index contributed by atoms with van der Waals surface area (Å²) in [6, 6.07) is 3.99. The van der Waals surface area contributed by atoms with Crippen LogP contribution in [0.3, 0.4) is 0 Å². The number of carbonyl (C=O) groups is 1. The maximum atomic E-state index is 12.1. The van der Waals surface area contributed by atoms with Gasteiger partial charge in [0.15, 0.2) is 5.78 Å². The molecule has 0 N–H and O–H groups in total. The number of ether oxygens (including phenoxy) is 1. The van der Waals surface area contributed by atoms with Crippen LogP contribution in [-0.2, 0) is 0 Å². The maximum absolute atomic E-state index is 12.1. The molecule has 0 heterocycles. The Morgan fingerprint density at radius 1 is 1.56 bits per heavy atom. The fraction of sp³-hybridized carbons (Fsp3) is 0.200. The van der Waals surface area contributed by atoms with Gasteiger partial charge < -0.3 is 4.74 Å². The van der Waals surface area contributed by atoms with Crippen LogP contribution in [-0.4, -0.2) is 12.4 Å². The molecule has 0 aromatic heterocycles. The number of carbonyl (C=O) groups excluding carboxylic acids is 1. The van der Waals surface area contributed by atoms with Crippen LogP contribution in [0.2, 0.25) is 5.02 Å². The van der Waals surface area contributed by atoms with Gasteiger partial charge in [-0.15, -0.1) is 0 Å². The van der Waals surface area contributed by atoms with Gasteiger partial charge in [-0.1, -0.05) is 11.6 Å². The lowest BCUT2D eigenvalue weighted by Gasteiger charge is -2.10. The summed E-state index contributed by atoms with van der Waals surface area (Å²) < 4.78 is 28.3. The molecule has 0 aliphatic rings. The first-order chi connectivity index (χ1) is 7.45. The number of alkyl halides is 2. The van der Waals surface area contributed by atoms with Crippen molar-refractivity contribution in [3.8, 4) is 11.8 Å². The zero-order valence-corrected chi connectivity index (χ0v) is 8.89. The van der Waals surface area contributed by atoms with Gasteiger partial charge >= 0.3 is 6.61 Å². The van der Waals surface area contributed by atoms with Crippen LogP contribution in [0.5, 0.6) is 5.75 Å². The summed E-state index contributed by atoms with van der Waals surface area (Å²) in [6.07, 6.45) is 0. The number of halogens is 3. The van der Waals surface area contributed by atoms with Gasteiger partial charge in [0, 0.05) is 5.02 Å². The minimum atomic E-state index is -3.08. The van der Waals surface area contributed by atoms with Crippen molar-refractivity contribution in [2.24, 2.45) is 0 Å². The number of ketones is 1. The van der Waals surface area contributed by atoms with Gasteiger partial charge in [0.25, 0.3) is 0 Å². The summed E-state index contributed by atoms with van der Waals surface area (Å²) in [5, 5.41) is 8.80. The van der Waals surface area contributed by atoms with Crippen molar-refractivity contribution in [3.63, 3.8) is 0 Å². The summed E-state index contributed by atoms with van der Waals surface area (Å²) in [5.74, 6) is -0.921. The Morgan fingerprint density at radius 2 is 2.19 bits per heavy atom. The molecule has 0 aliphatic carbocycles. The van der Waals surface area contributed by atoms with E-state index in [0.29, 0.717) is 0 Å². The van der Waals surface area contributed by atoms with Crippen molar-refractivity contribution in [2.45, 2.75) is 13.5 Å². The van der Waals surface area contributed by atoms with Crippen LogP contribution in [0.1, 0.15) is 22.8 Å². The number of Topliss-reactive ketones (excluding diaryl/α,β-unsaturated/α-hetero) is 1. The fourth-order valence-electron chi connectivity index (χ4n) is 1.22. The largest absolute Gasteiger partial charge is 0.434 e. The summed E-state index contributed by atoms with van der Waals surface area (Å²) in [4.78, 5) is 11.2. The molecule has 0 spiro atoms. The Morgan fingerprint density at radius 3 is 2.62 bits per heavy atom. The van der Waals surface area contributed by atoms with Crippen LogP contribution < -0.4 is 4.74 Å². The molecular weight excluding hydrogens is 240 g/mol. The summed E-state index contributed by atoms with van der Waals surface area (Å²) >= 11 is 5.60. The lowest BCUT2D eigenvalue weighted by Crippen LogP contribution is -2.08. The number of hydrogen-bond acceptors (Lipinski definition) is 3. The number of benzene rings is 1. The zero-order chi connectivity index (χ0) is 12.3. The maximum Gasteiger partial charge on any atom is 0.387 e. The molecule has 84 valence electrons. The van der Waals surface area contributed by atoms with E-state index in [-0.39, 0.29) is 21.9 Å². The van der Waals surface area contributed by atoms with Crippen LogP contribution in [0, 0.1) is 11.3 Å². The average molecular weight is 246 g/mol. The lowest BCUT2D eigenvalue weighted by atomic mass is 10.0. The lowest BCUT2D eigenvalue weighted by molar-refractivity contribution is -0.0501. The van der Waals surface area contributed by atoms with Gasteiger partial charge in [-0.05, 0) is 19.1 Å². The number of hydrogen-bond donors (Lipinski definition) is 0. The van der Waals surface area contributed by atoms with E-state index in [1.54, 1.807) is 6.07 Å². The monoisotopic (exact) mass is 245 g/mol. The topological polar surface area (TPSA) is 50.1 Å². The number of nitriles is 1. The van der Waals surface area contributed by atoms with Gasteiger partial charge in [0.05, 0.1) is 11.1 Å². The molecular formula is C10H6ClF2NO2. The molecule has 3 nitrogen and oxygen atoms in total. The third-order valence-electron chi connectivity index (χ3n) is 1.76. The molecule has 0 unspecified atom stereocenters. The molecule has 1 aromatic carbocycles. The fourth-order valence-corrected chi connectivity index (χ4v) is 1.43. The molecule has 0 radical (unpaired) electrons. The van der Waals surface area contributed by atoms with E-state index in [1.807, 2.05) is 0 Å². The molecule has 0 saturated heterocycles.